The van der Waals surface area contributed by atoms with Gasteiger partial charge in [0, 0.05) is 29.3 Å². The van der Waals surface area contributed by atoms with Gasteiger partial charge >= 0.3 is 0 Å². The molecular formula is C22H22F2N2O. The monoisotopic (exact) mass is 368 g/mol. The summed E-state index contributed by atoms with van der Waals surface area (Å²) >= 11 is 0. The van der Waals surface area contributed by atoms with Gasteiger partial charge in [-0.1, -0.05) is 0 Å². The number of benzene rings is 2. The lowest BCUT2D eigenvalue weighted by atomic mass is 9.74. The van der Waals surface area contributed by atoms with Crippen molar-refractivity contribution < 1.29 is 13.6 Å². The third-order valence-electron chi connectivity index (χ3n) is 6.44. The molecule has 2 heterocycles. The second kappa shape index (κ2) is 6.13. The molecule has 1 spiro atoms. The number of rotatable bonds is 2. The van der Waals surface area contributed by atoms with Crippen molar-refractivity contribution in [2.45, 2.75) is 37.1 Å². The van der Waals surface area contributed by atoms with Crippen LogP contribution in [0.25, 0.3) is 0 Å². The van der Waals surface area contributed by atoms with E-state index in [-0.39, 0.29) is 23.0 Å². The minimum absolute atomic E-state index is 0.149. The molecule has 27 heavy (non-hydrogen) atoms. The normalized spacial score (nSPS) is 21.5. The number of carbonyl (C=O) groups excluding carboxylic acids is 1. The van der Waals surface area contributed by atoms with Crippen molar-refractivity contribution in [2.24, 2.45) is 0 Å². The summed E-state index contributed by atoms with van der Waals surface area (Å²) in [6.07, 6.45) is 4.45. The van der Waals surface area contributed by atoms with Crippen LogP contribution < -0.4 is 4.90 Å². The van der Waals surface area contributed by atoms with E-state index in [0.29, 0.717) is 12.1 Å². The Bertz CT molecular complexity index is 884. The minimum Gasteiger partial charge on any atom is -0.307 e. The number of hydrogen-bond acceptors (Lipinski definition) is 2. The van der Waals surface area contributed by atoms with Gasteiger partial charge < -0.3 is 9.80 Å². The maximum Gasteiger partial charge on any atom is 0.258 e. The molecule has 2 aliphatic heterocycles. The van der Waals surface area contributed by atoms with Crippen molar-refractivity contribution in [2.75, 3.05) is 24.5 Å². The van der Waals surface area contributed by atoms with Gasteiger partial charge in [0.15, 0.2) is 0 Å². The molecule has 1 amide bonds. The summed E-state index contributed by atoms with van der Waals surface area (Å²) in [6.45, 7) is 2.57. The zero-order chi connectivity index (χ0) is 18.6. The van der Waals surface area contributed by atoms with Crippen molar-refractivity contribution in [3.63, 3.8) is 0 Å². The molecule has 2 fully saturated rings. The van der Waals surface area contributed by atoms with Crippen LogP contribution in [-0.2, 0) is 5.41 Å². The van der Waals surface area contributed by atoms with Crippen LogP contribution in [0.5, 0.6) is 0 Å². The van der Waals surface area contributed by atoms with Crippen LogP contribution in [0.2, 0.25) is 0 Å². The average molecular weight is 368 g/mol. The molecule has 0 N–H and O–H groups in total. The van der Waals surface area contributed by atoms with E-state index in [2.05, 4.69) is 4.90 Å². The van der Waals surface area contributed by atoms with Crippen LogP contribution in [-0.4, -0.2) is 36.5 Å². The SMILES string of the molecule is O=C(c1ccc(F)cc1)N1CC2(CCN(C3CC3)CC2)c2cc(F)ccc21. The number of halogens is 2. The van der Waals surface area contributed by atoms with Crippen LogP contribution in [0.1, 0.15) is 41.6 Å². The number of carbonyl (C=O) groups is 1. The second-order valence-corrected chi connectivity index (χ2v) is 8.11. The number of nitrogens with zero attached hydrogens (tertiary/aromatic N) is 2. The van der Waals surface area contributed by atoms with Gasteiger partial charge in [0.2, 0.25) is 0 Å². The molecule has 0 atom stereocenters. The zero-order valence-electron chi connectivity index (χ0n) is 15.1. The summed E-state index contributed by atoms with van der Waals surface area (Å²) in [6, 6.07) is 11.1. The van der Waals surface area contributed by atoms with Crippen LogP contribution >= 0.6 is 0 Å². The predicted octanol–water partition coefficient (Wildman–Crippen LogP) is 4.12. The molecule has 3 aliphatic rings. The second-order valence-electron chi connectivity index (χ2n) is 8.11. The van der Waals surface area contributed by atoms with Crippen LogP contribution in [0.4, 0.5) is 14.5 Å². The maximum absolute atomic E-state index is 14.1. The van der Waals surface area contributed by atoms with Crippen molar-refractivity contribution in [1.82, 2.24) is 4.90 Å². The molecule has 2 aromatic carbocycles. The van der Waals surface area contributed by atoms with Gasteiger partial charge in [-0.25, -0.2) is 8.78 Å². The van der Waals surface area contributed by atoms with Crippen molar-refractivity contribution in [3.05, 3.63) is 65.2 Å². The van der Waals surface area contributed by atoms with E-state index < -0.39 is 0 Å². The summed E-state index contributed by atoms with van der Waals surface area (Å²) in [5, 5.41) is 0. The van der Waals surface area contributed by atoms with Crippen LogP contribution in [0.15, 0.2) is 42.5 Å². The standard InChI is InChI=1S/C22H22F2N2O/c23-16-3-1-15(2-4-16)21(27)26-14-22(19-13-17(24)5-8-20(19)26)9-11-25(12-10-22)18-6-7-18/h1-5,8,13,18H,6-7,9-12,14H2. The fourth-order valence-electron chi connectivity index (χ4n) is 4.76. The summed E-state index contributed by atoms with van der Waals surface area (Å²) in [7, 11) is 0. The minimum atomic E-state index is -0.362. The lowest BCUT2D eigenvalue weighted by molar-refractivity contribution is 0.0975. The largest absolute Gasteiger partial charge is 0.307 e. The molecule has 1 saturated heterocycles. The Kier molecular flexibility index (Phi) is 3.83. The summed E-state index contributed by atoms with van der Waals surface area (Å²) in [4.78, 5) is 17.4. The van der Waals surface area contributed by atoms with Gasteiger partial charge in [0.1, 0.15) is 11.6 Å². The summed E-state index contributed by atoms with van der Waals surface area (Å²) < 4.78 is 27.3. The van der Waals surface area contributed by atoms with Crippen molar-refractivity contribution in [1.29, 1.82) is 0 Å². The topological polar surface area (TPSA) is 23.6 Å². The number of amides is 1. The predicted molar refractivity (Wildman–Crippen MR) is 100.0 cm³/mol. The highest BCUT2D eigenvalue weighted by Crippen LogP contribution is 2.48. The highest BCUT2D eigenvalue weighted by Gasteiger charge is 2.48. The van der Waals surface area contributed by atoms with E-state index in [9.17, 15) is 13.6 Å². The summed E-state index contributed by atoms with van der Waals surface area (Å²) in [5.41, 5.74) is 2.02. The van der Waals surface area contributed by atoms with E-state index >= 15 is 0 Å². The molecule has 5 heteroatoms. The fraction of sp³-hybridized carbons (Fsp3) is 0.409. The zero-order valence-corrected chi connectivity index (χ0v) is 15.1. The van der Waals surface area contributed by atoms with E-state index in [1.165, 1.54) is 43.2 Å². The average Bonchev–Trinajstić information content (AvgIpc) is 3.48. The van der Waals surface area contributed by atoms with E-state index in [0.717, 1.165) is 43.2 Å². The molecule has 0 aromatic heterocycles. The maximum atomic E-state index is 14.1. The van der Waals surface area contributed by atoms with Crippen LogP contribution in [0, 0.1) is 11.6 Å². The van der Waals surface area contributed by atoms with Crippen molar-refractivity contribution >= 4 is 11.6 Å². The Morgan fingerprint density at radius 3 is 2.30 bits per heavy atom. The van der Waals surface area contributed by atoms with E-state index in [1.54, 1.807) is 17.0 Å². The molecule has 2 aromatic rings. The third kappa shape index (κ3) is 2.85. The lowest BCUT2D eigenvalue weighted by Crippen LogP contribution is -2.46. The van der Waals surface area contributed by atoms with Crippen molar-refractivity contribution in [3.8, 4) is 0 Å². The van der Waals surface area contributed by atoms with Gasteiger partial charge in [-0.2, -0.15) is 0 Å². The lowest BCUT2D eigenvalue weighted by Gasteiger charge is -2.40. The third-order valence-corrected chi connectivity index (χ3v) is 6.44. The first-order valence-electron chi connectivity index (χ1n) is 9.67. The molecule has 0 unspecified atom stereocenters. The smallest absolute Gasteiger partial charge is 0.258 e. The summed E-state index contributed by atoms with van der Waals surface area (Å²) in [5.74, 6) is -0.766. The quantitative estimate of drug-likeness (QED) is 0.796. The Morgan fingerprint density at radius 2 is 1.63 bits per heavy atom. The Labute approximate surface area is 157 Å². The molecular weight excluding hydrogens is 346 g/mol. The molecule has 3 nitrogen and oxygen atoms in total. The van der Waals surface area contributed by atoms with Crippen LogP contribution in [0.3, 0.4) is 0 Å². The molecule has 0 radical (unpaired) electrons. The molecule has 0 bridgehead atoms. The highest BCUT2D eigenvalue weighted by atomic mass is 19.1. The molecule has 140 valence electrons. The van der Waals surface area contributed by atoms with Gasteiger partial charge in [0.05, 0.1) is 0 Å². The first-order chi connectivity index (χ1) is 13.1. The number of hydrogen-bond donors (Lipinski definition) is 0. The van der Waals surface area contributed by atoms with Gasteiger partial charge in [0.25, 0.3) is 5.91 Å². The Morgan fingerprint density at radius 1 is 0.963 bits per heavy atom. The molecule has 1 saturated carbocycles. The highest BCUT2D eigenvalue weighted by molar-refractivity contribution is 6.07. The van der Waals surface area contributed by atoms with Gasteiger partial charge in [-0.15, -0.1) is 0 Å². The first-order valence-corrected chi connectivity index (χ1v) is 9.67. The van der Waals surface area contributed by atoms with E-state index in [4.69, 9.17) is 0 Å². The molecule has 1 aliphatic carbocycles. The fourth-order valence-corrected chi connectivity index (χ4v) is 4.76. The van der Waals surface area contributed by atoms with Gasteiger partial charge in [-0.05, 0) is 86.8 Å². The van der Waals surface area contributed by atoms with E-state index in [1.807, 2.05) is 0 Å². The number of likely N-dealkylation sites (tertiary alicyclic amines) is 1. The Balaban J connectivity index is 1.48. The number of piperidine rings is 1. The Hall–Kier alpha value is -2.27. The number of anilines is 1. The number of fused-ring (bicyclic) bond motifs is 2. The molecule has 5 rings (SSSR count). The first kappa shape index (κ1) is 16.9. The van der Waals surface area contributed by atoms with Gasteiger partial charge in [-0.3, -0.25) is 4.79 Å².